The normalized spacial score (nSPS) is 11.3. The SMILES string of the molecule is Nc1nc(-c2ccccn2)ncc1S(=O)(=O)c1ccccc1. The minimum atomic E-state index is -3.74. The molecule has 6 nitrogen and oxygen atoms in total. The number of anilines is 1. The van der Waals surface area contributed by atoms with E-state index in [0.717, 1.165) is 0 Å². The van der Waals surface area contributed by atoms with Crippen LogP contribution >= 0.6 is 0 Å². The third-order valence-electron chi connectivity index (χ3n) is 3.02. The van der Waals surface area contributed by atoms with Gasteiger partial charge in [-0.15, -0.1) is 0 Å². The topological polar surface area (TPSA) is 98.8 Å². The Kier molecular flexibility index (Phi) is 3.56. The minimum absolute atomic E-state index is 0.0977. The summed E-state index contributed by atoms with van der Waals surface area (Å²) >= 11 is 0. The number of aromatic nitrogens is 3. The number of nitrogens with two attached hydrogens (primary N) is 1. The zero-order valence-corrected chi connectivity index (χ0v) is 12.2. The molecule has 2 aromatic heterocycles. The highest BCUT2D eigenvalue weighted by atomic mass is 32.2. The van der Waals surface area contributed by atoms with Crippen molar-refractivity contribution < 1.29 is 8.42 Å². The Morgan fingerprint density at radius 1 is 0.909 bits per heavy atom. The summed E-state index contributed by atoms with van der Waals surface area (Å²) in [4.78, 5) is 12.3. The van der Waals surface area contributed by atoms with Crippen molar-refractivity contribution in [3.63, 3.8) is 0 Å². The Balaban J connectivity index is 2.07. The molecule has 0 saturated carbocycles. The number of hydrogen-bond acceptors (Lipinski definition) is 6. The van der Waals surface area contributed by atoms with E-state index >= 15 is 0 Å². The molecule has 0 radical (unpaired) electrons. The lowest BCUT2D eigenvalue weighted by molar-refractivity contribution is 0.595. The molecule has 0 aliphatic carbocycles. The van der Waals surface area contributed by atoms with Crippen molar-refractivity contribution in [1.29, 1.82) is 0 Å². The molecule has 1 aromatic carbocycles. The van der Waals surface area contributed by atoms with Crippen molar-refractivity contribution in [3.8, 4) is 11.5 Å². The molecule has 0 saturated heterocycles. The Labute approximate surface area is 127 Å². The summed E-state index contributed by atoms with van der Waals surface area (Å²) in [6, 6.07) is 13.3. The van der Waals surface area contributed by atoms with Crippen LogP contribution in [0.2, 0.25) is 0 Å². The van der Waals surface area contributed by atoms with E-state index in [2.05, 4.69) is 15.0 Å². The third-order valence-corrected chi connectivity index (χ3v) is 4.81. The second kappa shape index (κ2) is 5.53. The molecule has 0 bridgehead atoms. The minimum Gasteiger partial charge on any atom is -0.382 e. The Bertz CT molecular complexity index is 897. The molecule has 22 heavy (non-hydrogen) atoms. The van der Waals surface area contributed by atoms with Crippen LogP contribution in [-0.4, -0.2) is 23.4 Å². The first kappa shape index (κ1) is 14.2. The largest absolute Gasteiger partial charge is 0.382 e. The summed E-state index contributed by atoms with van der Waals surface area (Å²) < 4.78 is 25.1. The van der Waals surface area contributed by atoms with E-state index in [1.807, 2.05) is 0 Å². The van der Waals surface area contributed by atoms with Gasteiger partial charge in [0, 0.05) is 6.20 Å². The van der Waals surface area contributed by atoms with Gasteiger partial charge in [0.1, 0.15) is 16.4 Å². The molecule has 0 atom stereocenters. The summed E-state index contributed by atoms with van der Waals surface area (Å²) in [6.07, 6.45) is 2.82. The van der Waals surface area contributed by atoms with Gasteiger partial charge in [0.2, 0.25) is 9.84 Å². The van der Waals surface area contributed by atoms with Gasteiger partial charge in [0.15, 0.2) is 5.82 Å². The smallest absolute Gasteiger partial charge is 0.211 e. The molecule has 0 amide bonds. The van der Waals surface area contributed by atoms with Gasteiger partial charge >= 0.3 is 0 Å². The van der Waals surface area contributed by atoms with Crippen LogP contribution in [0, 0.1) is 0 Å². The summed E-state index contributed by atoms with van der Waals surface area (Å²) in [7, 11) is -3.74. The van der Waals surface area contributed by atoms with Gasteiger partial charge in [0.05, 0.1) is 11.1 Å². The fourth-order valence-corrected chi connectivity index (χ4v) is 3.22. The standard InChI is InChI=1S/C15H12N4O2S/c16-14-13(22(20,21)11-6-2-1-3-7-11)10-18-15(19-14)12-8-4-5-9-17-12/h1-10H,(H2,16,18,19). The van der Waals surface area contributed by atoms with E-state index in [9.17, 15) is 8.42 Å². The number of pyridine rings is 1. The first-order valence-corrected chi connectivity index (χ1v) is 7.91. The van der Waals surface area contributed by atoms with E-state index in [-0.39, 0.29) is 21.4 Å². The number of hydrogen-bond donors (Lipinski definition) is 1. The van der Waals surface area contributed by atoms with Crippen LogP contribution in [0.5, 0.6) is 0 Å². The van der Waals surface area contributed by atoms with Crippen LogP contribution in [0.3, 0.4) is 0 Å². The predicted molar refractivity (Wildman–Crippen MR) is 81.6 cm³/mol. The lowest BCUT2D eigenvalue weighted by Gasteiger charge is -2.07. The van der Waals surface area contributed by atoms with E-state index in [1.165, 1.54) is 18.3 Å². The summed E-state index contributed by atoms with van der Waals surface area (Å²) in [5.41, 5.74) is 6.35. The predicted octanol–water partition coefficient (Wildman–Crippen LogP) is 1.95. The van der Waals surface area contributed by atoms with E-state index in [0.29, 0.717) is 5.69 Å². The molecule has 0 aliphatic rings. The highest BCUT2D eigenvalue weighted by molar-refractivity contribution is 7.91. The summed E-state index contributed by atoms with van der Waals surface area (Å²) in [5, 5.41) is 0. The molecular formula is C15H12N4O2S. The van der Waals surface area contributed by atoms with Crippen LogP contribution in [0.15, 0.2) is 70.7 Å². The van der Waals surface area contributed by atoms with Crippen LogP contribution in [0.25, 0.3) is 11.5 Å². The highest BCUT2D eigenvalue weighted by Gasteiger charge is 2.22. The zero-order chi connectivity index (χ0) is 15.6. The summed E-state index contributed by atoms with van der Waals surface area (Å²) in [6.45, 7) is 0. The van der Waals surface area contributed by atoms with Crippen LogP contribution in [0.4, 0.5) is 5.82 Å². The van der Waals surface area contributed by atoms with Crippen molar-refractivity contribution in [3.05, 3.63) is 60.9 Å². The fraction of sp³-hybridized carbons (Fsp3) is 0. The zero-order valence-electron chi connectivity index (χ0n) is 11.4. The van der Waals surface area contributed by atoms with E-state index in [1.54, 1.807) is 42.6 Å². The molecule has 2 heterocycles. The fourth-order valence-electron chi connectivity index (χ4n) is 1.94. The maximum atomic E-state index is 12.5. The van der Waals surface area contributed by atoms with Crippen LogP contribution in [0.1, 0.15) is 0 Å². The average molecular weight is 312 g/mol. The molecule has 3 aromatic rings. The lowest BCUT2D eigenvalue weighted by Crippen LogP contribution is -2.09. The van der Waals surface area contributed by atoms with E-state index < -0.39 is 9.84 Å². The Hall–Kier alpha value is -2.80. The second-order valence-corrected chi connectivity index (χ2v) is 6.39. The number of nitrogen functional groups attached to an aromatic ring is 1. The average Bonchev–Trinajstić information content (AvgIpc) is 2.56. The summed E-state index contributed by atoms with van der Waals surface area (Å²) in [5.74, 6) is 0.185. The monoisotopic (exact) mass is 312 g/mol. The van der Waals surface area contributed by atoms with Gasteiger partial charge in [-0.3, -0.25) is 4.98 Å². The quantitative estimate of drug-likeness (QED) is 0.793. The molecule has 0 aliphatic heterocycles. The first-order valence-electron chi connectivity index (χ1n) is 6.43. The molecule has 110 valence electrons. The van der Waals surface area contributed by atoms with Gasteiger partial charge in [-0.25, -0.2) is 18.4 Å². The first-order chi connectivity index (χ1) is 10.6. The second-order valence-electron chi connectivity index (χ2n) is 4.47. The molecule has 2 N–H and O–H groups in total. The van der Waals surface area contributed by atoms with E-state index in [4.69, 9.17) is 5.73 Å². The van der Waals surface area contributed by atoms with Gasteiger partial charge in [-0.05, 0) is 24.3 Å². The molecule has 0 spiro atoms. The van der Waals surface area contributed by atoms with Crippen molar-refractivity contribution in [2.75, 3.05) is 5.73 Å². The van der Waals surface area contributed by atoms with Crippen LogP contribution < -0.4 is 5.73 Å². The Morgan fingerprint density at radius 3 is 2.27 bits per heavy atom. The van der Waals surface area contributed by atoms with Gasteiger partial charge in [0.25, 0.3) is 0 Å². The highest BCUT2D eigenvalue weighted by Crippen LogP contribution is 2.25. The lowest BCUT2D eigenvalue weighted by atomic mass is 10.3. The maximum absolute atomic E-state index is 12.5. The molecule has 3 rings (SSSR count). The maximum Gasteiger partial charge on any atom is 0.211 e. The number of sulfone groups is 1. The van der Waals surface area contributed by atoms with Gasteiger partial charge in [-0.2, -0.15) is 0 Å². The van der Waals surface area contributed by atoms with Gasteiger partial charge in [-0.1, -0.05) is 24.3 Å². The number of rotatable bonds is 3. The van der Waals surface area contributed by atoms with Gasteiger partial charge < -0.3 is 5.73 Å². The molecule has 7 heteroatoms. The van der Waals surface area contributed by atoms with Crippen molar-refractivity contribution >= 4 is 15.7 Å². The molecular weight excluding hydrogens is 300 g/mol. The number of nitrogens with zero attached hydrogens (tertiary/aromatic N) is 3. The Morgan fingerprint density at radius 2 is 1.64 bits per heavy atom. The number of benzene rings is 1. The third kappa shape index (κ3) is 2.53. The van der Waals surface area contributed by atoms with Crippen molar-refractivity contribution in [2.45, 2.75) is 9.79 Å². The molecule has 0 fully saturated rings. The van der Waals surface area contributed by atoms with Crippen molar-refractivity contribution in [2.24, 2.45) is 0 Å². The van der Waals surface area contributed by atoms with Crippen LogP contribution in [-0.2, 0) is 9.84 Å². The van der Waals surface area contributed by atoms with Crippen molar-refractivity contribution in [1.82, 2.24) is 15.0 Å². The molecule has 0 unspecified atom stereocenters.